The van der Waals surface area contributed by atoms with Gasteiger partial charge >= 0.3 is 0 Å². The van der Waals surface area contributed by atoms with Crippen LogP contribution in [0.25, 0.3) is 0 Å². The Hall–Kier alpha value is -2.60. The number of H-pyrrole nitrogens is 1. The minimum absolute atomic E-state index is 0.0694. The van der Waals surface area contributed by atoms with Crippen LogP contribution >= 0.6 is 0 Å². The lowest BCUT2D eigenvalue weighted by molar-refractivity contribution is 0.0730. The molecule has 0 unspecified atom stereocenters. The topological polar surface area (TPSA) is 91.5 Å². The number of carbonyl (C=O) groups excluding carboxylic acids is 1. The predicted octanol–water partition coefficient (Wildman–Crippen LogP) is 0.817. The lowest BCUT2D eigenvalue weighted by Crippen LogP contribution is -2.40. The van der Waals surface area contributed by atoms with E-state index in [0.717, 1.165) is 5.56 Å². The summed E-state index contributed by atoms with van der Waals surface area (Å²) < 4.78 is 31.6. The van der Waals surface area contributed by atoms with E-state index in [4.69, 9.17) is 4.74 Å². The van der Waals surface area contributed by atoms with Gasteiger partial charge in [-0.2, -0.15) is 4.31 Å². The summed E-state index contributed by atoms with van der Waals surface area (Å²) in [7, 11) is -3.62. The molecule has 1 aromatic carbocycles. The quantitative estimate of drug-likeness (QED) is 0.776. The zero-order chi connectivity index (χ0) is 18.4. The first-order chi connectivity index (χ1) is 12.6. The van der Waals surface area contributed by atoms with Crippen LogP contribution < -0.4 is 5.32 Å². The molecule has 0 aliphatic carbocycles. The number of rotatable bonds is 4. The second kappa shape index (κ2) is 8.19. The van der Waals surface area contributed by atoms with Crippen LogP contribution in [0.3, 0.4) is 0 Å². The normalized spacial score (nSPS) is 15.1. The second-order valence-corrected chi connectivity index (χ2v) is 7.55. The smallest absolute Gasteiger partial charge is 0.268 e. The van der Waals surface area contributed by atoms with Crippen molar-refractivity contribution in [3.63, 3.8) is 0 Å². The molecule has 2 aromatic rings. The zero-order valence-corrected chi connectivity index (χ0v) is 14.9. The molecule has 1 aliphatic rings. The van der Waals surface area contributed by atoms with Gasteiger partial charge < -0.3 is 15.0 Å². The summed E-state index contributed by atoms with van der Waals surface area (Å²) in [6, 6.07) is 10.8. The first-order valence-corrected chi connectivity index (χ1v) is 9.60. The molecule has 1 amide bonds. The fourth-order valence-corrected chi connectivity index (χ4v) is 3.88. The molecule has 8 heteroatoms. The number of carbonyl (C=O) groups is 1. The van der Waals surface area contributed by atoms with Crippen LogP contribution in [-0.4, -0.2) is 56.5 Å². The summed E-state index contributed by atoms with van der Waals surface area (Å²) in [5.74, 6) is 5.38. The third-order valence-corrected chi connectivity index (χ3v) is 5.73. The Kier molecular flexibility index (Phi) is 5.73. The molecular formula is C18H19N3O4S. The molecule has 0 bridgehead atoms. The van der Waals surface area contributed by atoms with Crippen LogP contribution in [0.2, 0.25) is 0 Å². The first-order valence-electron chi connectivity index (χ1n) is 8.16. The van der Waals surface area contributed by atoms with Crippen molar-refractivity contribution < 1.29 is 17.9 Å². The number of hydrogen-bond donors (Lipinski definition) is 2. The van der Waals surface area contributed by atoms with Gasteiger partial charge in [0.1, 0.15) is 10.6 Å². The third-order valence-electron chi connectivity index (χ3n) is 3.85. The van der Waals surface area contributed by atoms with Gasteiger partial charge in [-0.05, 0) is 18.2 Å². The van der Waals surface area contributed by atoms with Crippen LogP contribution in [-0.2, 0) is 14.8 Å². The van der Waals surface area contributed by atoms with Crippen molar-refractivity contribution in [3.05, 3.63) is 53.9 Å². The minimum atomic E-state index is -3.62. The lowest BCUT2D eigenvalue weighted by Gasteiger charge is -2.25. The largest absolute Gasteiger partial charge is 0.379 e. The van der Waals surface area contributed by atoms with Crippen molar-refractivity contribution in [2.24, 2.45) is 0 Å². The van der Waals surface area contributed by atoms with E-state index in [9.17, 15) is 13.2 Å². The van der Waals surface area contributed by atoms with Crippen molar-refractivity contribution in [1.82, 2.24) is 14.6 Å². The first kappa shape index (κ1) is 18.2. The van der Waals surface area contributed by atoms with E-state index < -0.39 is 15.9 Å². The number of benzene rings is 1. The molecule has 1 aliphatic heterocycles. The molecule has 1 aromatic heterocycles. The highest BCUT2D eigenvalue weighted by Crippen LogP contribution is 2.17. The van der Waals surface area contributed by atoms with Crippen molar-refractivity contribution in [2.45, 2.75) is 4.90 Å². The van der Waals surface area contributed by atoms with E-state index >= 15 is 0 Å². The number of amides is 1. The van der Waals surface area contributed by atoms with E-state index in [-0.39, 0.29) is 17.1 Å². The van der Waals surface area contributed by atoms with Crippen LogP contribution in [0, 0.1) is 11.8 Å². The van der Waals surface area contributed by atoms with Crippen molar-refractivity contribution in [1.29, 1.82) is 0 Å². The maximum absolute atomic E-state index is 12.5. The Balaban J connectivity index is 1.60. The van der Waals surface area contributed by atoms with Crippen LogP contribution in [0.15, 0.2) is 47.5 Å². The number of nitrogens with zero attached hydrogens (tertiary/aromatic N) is 1. The van der Waals surface area contributed by atoms with Gasteiger partial charge in [0.2, 0.25) is 10.0 Å². The van der Waals surface area contributed by atoms with E-state index in [1.54, 1.807) is 0 Å². The number of nitrogens with one attached hydrogen (secondary N) is 2. The number of morpholine rings is 1. The molecule has 0 saturated carbocycles. The molecule has 26 heavy (non-hydrogen) atoms. The highest BCUT2D eigenvalue weighted by Gasteiger charge is 2.27. The Labute approximate surface area is 152 Å². The van der Waals surface area contributed by atoms with Gasteiger partial charge in [0.25, 0.3) is 5.91 Å². The van der Waals surface area contributed by atoms with Gasteiger partial charge in [0.15, 0.2) is 0 Å². The van der Waals surface area contributed by atoms with E-state index in [1.807, 2.05) is 30.3 Å². The SMILES string of the molecule is O=C(NCC#Cc1ccccc1)c1cc(S(=O)(=O)N2CCOCC2)c[nH]1. The van der Waals surface area contributed by atoms with Crippen LogP contribution in [0.1, 0.15) is 16.1 Å². The molecule has 1 fully saturated rings. The number of sulfonamides is 1. The average Bonchev–Trinajstić information content (AvgIpc) is 3.18. The highest BCUT2D eigenvalue weighted by atomic mass is 32.2. The average molecular weight is 373 g/mol. The number of aromatic amines is 1. The predicted molar refractivity (Wildman–Crippen MR) is 96.0 cm³/mol. The Bertz CT molecular complexity index is 920. The van der Waals surface area contributed by atoms with Gasteiger partial charge in [-0.25, -0.2) is 8.42 Å². The molecule has 0 spiro atoms. The zero-order valence-electron chi connectivity index (χ0n) is 14.1. The summed E-state index contributed by atoms with van der Waals surface area (Å²) in [6.45, 7) is 1.53. The van der Waals surface area contributed by atoms with Crippen molar-refractivity contribution >= 4 is 15.9 Å². The van der Waals surface area contributed by atoms with Gasteiger partial charge in [0.05, 0.1) is 19.8 Å². The maximum Gasteiger partial charge on any atom is 0.268 e. The second-order valence-electron chi connectivity index (χ2n) is 5.62. The molecule has 2 heterocycles. The van der Waals surface area contributed by atoms with E-state index in [1.165, 1.54) is 16.6 Å². The summed E-state index contributed by atoms with van der Waals surface area (Å²) in [4.78, 5) is 14.9. The van der Waals surface area contributed by atoms with E-state index in [2.05, 4.69) is 22.1 Å². The Morgan fingerprint density at radius 2 is 1.96 bits per heavy atom. The summed E-state index contributed by atoms with van der Waals surface area (Å²) in [5.41, 5.74) is 1.04. The molecule has 3 rings (SSSR count). The third kappa shape index (κ3) is 4.32. The van der Waals surface area contributed by atoms with E-state index in [0.29, 0.717) is 26.3 Å². The summed E-state index contributed by atoms with van der Waals surface area (Å²) in [6.07, 6.45) is 1.33. The maximum atomic E-state index is 12.5. The molecule has 136 valence electrons. The molecule has 2 N–H and O–H groups in total. The molecule has 0 atom stereocenters. The summed E-state index contributed by atoms with van der Waals surface area (Å²) in [5, 5.41) is 2.64. The number of aromatic nitrogens is 1. The number of ether oxygens (including phenoxy) is 1. The van der Waals surface area contributed by atoms with Crippen LogP contribution in [0.5, 0.6) is 0 Å². The summed E-state index contributed by atoms with van der Waals surface area (Å²) >= 11 is 0. The number of hydrogen-bond acceptors (Lipinski definition) is 4. The molecule has 0 radical (unpaired) electrons. The Morgan fingerprint density at radius 3 is 2.69 bits per heavy atom. The van der Waals surface area contributed by atoms with Crippen molar-refractivity contribution in [3.8, 4) is 11.8 Å². The van der Waals surface area contributed by atoms with Gasteiger partial charge in [-0.15, -0.1) is 0 Å². The lowest BCUT2D eigenvalue weighted by atomic mass is 10.2. The fraction of sp³-hybridized carbons (Fsp3) is 0.278. The van der Waals surface area contributed by atoms with Crippen LogP contribution in [0.4, 0.5) is 0 Å². The molecule has 1 saturated heterocycles. The molecule has 7 nitrogen and oxygen atoms in total. The standard InChI is InChI=1S/C18H19N3O4S/c22-18(19-8-4-7-15-5-2-1-3-6-15)17-13-16(14-20-17)26(23,24)21-9-11-25-12-10-21/h1-3,5-6,13-14,20H,8-12H2,(H,19,22). The minimum Gasteiger partial charge on any atom is -0.379 e. The van der Waals surface area contributed by atoms with Gasteiger partial charge in [-0.1, -0.05) is 30.0 Å². The van der Waals surface area contributed by atoms with Gasteiger partial charge in [0, 0.05) is 24.8 Å². The van der Waals surface area contributed by atoms with Gasteiger partial charge in [-0.3, -0.25) is 4.79 Å². The highest BCUT2D eigenvalue weighted by molar-refractivity contribution is 7.89. The fourth-order valence-electron chi connectivity index (χ4n) is 2.48. The molecular weight excluding hydrogens is 354 g/mol. The monoisotopic (exact) mass is 373 g/mol. The van der Waals surface area contributed by atoms with Crippen molar-refractivity contribution in [2.75, 3.05) is 32.8 Å². The Morgan fingerprint density at radius 1 is 1.23 bits per heavy atom.